The van der Waals surface area contributed by atoms with Crippen molar-refractivity contribution >= 4 is 5.65 Å². The number of nitrogens with zero attached hydrogens (tertiary/aromatic N) is 2. The van der Waals surface area contributed by atoms with Crippen LogP contribution in [0, 0.1) is 6.92 Å². The summed E-state index contributed by atoms with van der Waals surface area (Å²) in [5.41, 5.74) is 8.04. The SMILES string of the molecule is Cc1cn2cc(C(O)CN)ccc2n1. The van der Waals surface area contributed by atoms with Crippen LogP contribution < -0.4 is 5.73 Å². The van der Waals surface area contributed by atoms with E-state index in [0.29, 0.717) is 0 Å². The highest BCUT2D eigenvalue weighted by Gasteiger charge is 2.06. The van der Waals surface area contributed by atoms with Crippen LogP contribution in [0.1, 0.15) is 17.4 Å². The molecule has 0 spiro atoms. The Hall–Kier alpha value is -1.39. The minimum atomic E-state index is -0.595. The molecular weight excluding hydrogens is 178 g/mol. The summed E-state index contributed by atoms with van der Waals surface area (Å²) >= 11 is 0. The number of hydrogen-bond acceptors (Lipinski definition) is 3. The van der Waals surface area contributed by atoms with Gasteiger partial charge in [-0.3, -0.25) is 0 Å². The summed E-state index contributed by atoms with van der Waals surface area (Å²) in [6, 6.07) is 3.72. The molecule has 4 heteroatoms. The van der Waals surface area contributed by atoms with Crippen molar-refractivity contribution in [2.24, 2.45) is 5.73 Å². The van der Waals surface area contributed by atoms with Gasteiger partial charge >= 0.3 is 0 Å². The second-order valence-electron chi connectivity index (χ2n) is 3.36. The van der Waals surface area contributed by atoms with E-state index < -0.39 is 6.10 Å². The van der Waals surface area contributed by atoms with Gasteiger partial charge in [-0.2, -0.15) is 0 Å². The lowest BCUT2D eigenvalue weighted by molar-refractivity contribution is 0.186. The van der Waals surface area contributed by atoms with Crippen molar-refractivity contribution in [2.45, 2.75) is 13.0 Å². The number of hydrogen-bond donors (Lipinski definition) is 2. The normalized spacial score (nSPS) is 13.4. The molecule has 2 aromatic rings. The van der Waals surface area contributed by atoms with Gasteiger partial charge in [-0.25, -0.2) is 4.98 Å². The van der Waals surface area contributed by atoms with Crippen LogP contribution in [-0.2, 0) is 0 Å². The van der Waals surface area contributed by atoms with E-state index in [-0.39, 0.29) is 6.54 Å². The maximum absolute atomic E-state index is 9.54. The molecule has 3 N–H and O–H groups in total. The van der Waals surface area contributed by atoms with Crippen LogP contribution in [0.3, 0.4) is 0 Å². The molecule has 0 aliphatic rings. The average Bonchev–Trinajstić information content (AvgIpc) is 2.55. The van der Waals surface area contributed by atoms with Gasteiger partial charge in [0.1, 0.15) is 5.65 Å². The Morgan fingerprint density at radius 1 is 1.50 bits per heavy atom. The van der Waals surface area contributed by atoms with E-state index in [4.69, 9.17) is 5.73 Å². The highest BCUT2D eigenvalue weighted by atomic mass is 16.3. The molecule has 0 saturated carbocycles. The van der Waals surface area contributed by atoms with Crippen LogP contribution in [0.2, 0.25) is 0 Å². The topological polar surface area (TPSA) is 63.5 Å². The fourth-order valence-corrected chi connectivity index (χ4v) is 1.47. The van der Waals surface area contributed by atoms with Crippen molar-refractivity contribution < 1.29 is 5.11 Å². The standard InChI is InChI=1S/C10H13N3O/c1-7-5-13-6-8(9(14)4-11)2-3-10(13)12-7/h2-3,5-6,9,14H,4,11H2,1H3. The first kappa shape index (κ1) is 9.18. The number of aromatic nitrogens is 2. The molecule has 4 nitrogen and oxygen atoms in total. The Morgan fingerprint density at radius 3 is 3.00 bits per heavy atom. The first-order valence-electron chi connectivity index (χ1n) is 4.54. The largest absolute Gasteiger partial charge is 0.387 e. The van der Waals surface area contributed by atoms with Crippen LogP contribution in [0.5, 0.6) is 0 Å². The predicted octanol–water partition coefficient (Wildman–Crippen LogP) is 0.635. The molecule has 2 aromatic heterocycles. The number of nitrogens with two attached hydrogens (primary N) is 1. The molecule has 0 fully saturated rings. The molecule has 0 aromatic carbocycles. The van der Waals surface area contributed by atoms with Gasteiger partial charge in [0.15, 0.2) is 0 Å². The number of fused-ring (bicyclic) bond motifs is 1. The van der Waals surface area contributed by atoms with Crippen molar-refractivity contribution in [2.75, 3.05) is 6.54 Å². The smallest absolute Gasteiger partial charge is 0.136 e. The summed E-state index contributed by atoms with van der Waals surface area (Å²) < 4.78 is 1.89. The first-order chi connectivity index (χ1) is 6.70. The summed E-state index contributed by atoms with van der Waals surface area (Å²) in [6.07, 6.45) is 3.18. The van der Waals surface area contributed by atoms with Crippen molar-refractivity contribution in [1.82, 2.24) is 9.38 Å². The molecule has 0 radical (unpaired) electrons. The zero-order valence-corrected chi connectivity index (χ0v) is 8.01. The number of imidazole rings is 1. The summed E-state index contributed by atoms with van der Waals surface area (Å²) in [4.78, 5) is 4.29. The van der Waals surface area contributed by atoms with Gasteiger partial charge in [0, 0.05) is 18.9 Å². The van der Waals surface area contributed by atoms with Crippen LogP contribution in [0.15, 0.2) is 24.5 Å². The minimum absolute atomic E-state index is 0.235. The van der Waals surface area contributed by atoms with E-state index in [0.717, 1.165) is 16.9 Å². The lowest BCUT2D eigenvalue weighted by Gasteiger charge is -2.07. The van der Waals surface area contributed by atoms with E-state index in [2.05, 4.69) is 4.98 Å². The van der Waals surface area contributed by atoms with Gasteiger partial charge in [0.2, 0.25) is 0 Å². The first-order valence-corrected chi connectivity index (χ1v) is 4.54. The van der Waals surface area contributed by atoms with E-state index in [1.165, 1.54) is 0 Å². The molecule has 2 heterocycles. The molecule has 1 unspecified atom stereocenters. The van der Waals surface area contributed by atoms with Gasteiger partial charge in [-0.1, -0.05) is 6.07 Å². The van der Waals surface area contributed by atoms with E-state index >= 15 is 0 Å². The Bertz CT molecular complexity index is 450. The molecule has 2 rings (SSSR count). The maximum atomic E-state index is 9.54. The number of pyridine rings is 1. The van der Waals surface area contributed by atoms with Crippen LogP contribution >= 0.6 is 0 Å². The van der Waals surface area contributed by atoms with Crippen molar-refractivity contribution in [1.29, 1.82) is 0 Å². The van der Waals surface area contributed by atoms with Crippen LogP contribution in [0.4, 0.5) is 0 Å². The van der Waals surface area contributed by atoms with Crippen LogP contribution in [-0.4, -0.2) is 21.0 Å². The van der Waals surface area contributed by atoms with Crippen LogP contribution in [0.25, 0.3) is 5.65 Å². The predicted molar refractivity (Wildman–Crippen MR) is 53.9 cm³/mol. The van der Waals surface area contributed by atoms with Crippen molar-refractivity contribution in [3.8, 4) is 0 Å². The highest BCUT2D eigenvalue weighted by molar-refractivity contribution is 5.41. The number of aliphatic hydroxyl groups is 1. The van der Waals surface area contributed by atoms with Crippen molar-refractivity contribution in [3.63, 3.8) is 0 Å². The molecule has 0 aliphatic carbocycles. The second kappa shape index (κ2) is 3.40. The minimum Gasteiger partial charge on any atom is -0.387 e. The molecule has 0 aliphatic heterocycles. The zero-order chi connectivity index (χ0) is 10.1. The fraction of sp³-hybridized carbons (Fsp3) is 0.300. The lowest BCUT2D eigenvalue weighted by Crippen LogP contribution is -2.11. The summed E-state index contributed by atoms with van der Waals surface area (Å²) in [6.45, 7) is 2.17. The van der Waals surface area contributed by atoms with E-state index in [1.54, 1.807) is 0 Å². The van der Waals surface area contributed by atoms with Gasteiger partial charge in [-0.15, -0.1) is 0 Å². The van der Waals surface area contributed by atoms with Gasteiger partial charge < -0.3 is 15.2 Å². The molecule has 74 valence electrons. The Balaban J connectivity index is 2.50. The van der Waals surface area contributed by atoms with E-state index in [1.807, 2.05) is 35.9 Å². The Kier molecular flexibility index (Phi) is 2.23. The third-order valence-electron chi connectivity index (χ3n) is 2.20. The van der Waals surface area contributed by atoms with E-state index in [9.17, 15) is 5.11 Å². The highest BCUT2D eigenvalue weighted by Crippen LogP contribution is 2.13. The maximum Gasteiger partial charge on any atom is 0.136 e. The monoisotopic (exact) mass is 191 g/mol. The van der Waals surface area contributed by atoms with Crippen molar-refractivity contribution in [3.05, 3.63) is 35.8 Å². The third kappa shape index (κ3) is 1.49. The fourth-order valence-electron chi connectivity index (χ4n) is 1.47. The van der Waals surface area contributed by atoms with Gasteiger partial charge in [-0.05, 0) is 18.6 Å². The Morgan fingerprint density at radius 2 is 2.29 bits per heavy atom. The van der Waals surface area contributed by atoms with Gasteiger partial charge in [0.05, 0.1) is 11.8 Å². The quantitative estimate of drug-likeness (QED) is 0.732. The number of rotatable bonds is 2. The summed E-state index contributed by atoms with van der Waals surface area (Å²) in [5, 5.41) is 9.54. The average molecular weight is 191 g/mol. The molecule has 0 saturated heterocycles. The number of aryl methyl sites for hydroxylation is 1. The van der Waals surface area contributed by atoms with Gasteiger partial charge in [0.25, 0.3) is 0 Å². The molecular formula is C10H13N3O. The molecule has 14 heavy (non-hydrogen) atoms. The molecule has 0 bridgehead atoms. The number of aliphatic hydroxyl groups excluding tert-OH is 1. The third-order valence-corrected chi connectivity index (χ3v) is 2.20. The summed E-state index contributed by atoms with van der Waals surface area (Å²) in [7, 11) is 0. The molecule has 1 atom stereocenters. The second-order valence-corrected chi connectivity index (χ2v) is 3.36. The zero-order valence-electron chi connectivity index (χ0n) is 8.01. The molecule has 0 amide bonds. The summed E-state index contributed by atoms with van der Waals surface area (Å²) in [5.74, 6) is 0. The lowest BCUT2D eigenvalue weighted by atomic mass is 10.2. The Labute approximate surface area is 82.0 Å².